The highest BCUT2D eigenvalue weighted by molar-refractivity contribution is 5.27. The van der Waals surface area contributed by atoms with Crippen molar-refractivity contribution >= 4 is 5.95 Å². The molecule has 0 aliphatic carbocycles. The van der Waals surface area contributed by atoms with Crippen molar-refractivity contribution in [3.8, 4) is 0 Å². The van der Waals surface area contributed by atoms with Gasteiger partial charge in [-0.15, -0.1) is 0 Å². The van der Waals surface area contributed by atoms with E-state index in [1.807, 2.05) is 17.8 Å². The third-order valence-electron chi connectivity index (χ3n) is 2.08. The summed E-state index contributed by atoms with van der Waals surface area (Å²) in [6, 6.07) is 0.339. The molecule has 13 heavy (non-hydrogen) atoms. The van der Waals surface area contributed by atoms with Crippen molar-refractivity contribution < 1.29 is 0 Å². The fourth-order valence-electron chi connectivity index (χ4n) is 1.28. The summed E-state index contributed by atoms with van der Waals surface area (Å²) in [7, 11) is 1.97. The molecule has 0 aliphatic heterocycles. The zero-order valence-electron chi connectivity index (χ0n) is 8.33. The van der Waals surface area contributed by atoms with Crippen LogP contribution in [0.2, 0.25) is 0 Å². The normalized spacial score (nSPS) is 12.8. The number of aromatic nitrogens is 2. The van der Waals surface area contributed by atoms with E-state index in [0.29, 0.717) is 12.6 Å². The molecule has 74 valence electrons. The second-order valence-corrected chi connectivity index (χ2v) is 3.23. The monoisotopic (exact) mass is 182 g/mol. The maximum absolute atomic E-state index is 5.63. The van der Waals surface area contributed by atoms with Crippen LogP contribution >= 0.6 is 0 Å². The van der Waals surface area contributed by atoms with Gasteiger partial charge in [-0.1, -0.05) is 13.3 Å². The molecule has 0 fully saturated rings. The summed E-state index contributed by atoms with van der Waals surface area (Å²) in [6.45, 7) is 2.81. The van der Waals surface area contributed by atoms with Crippen LogP contribution in [0.25, 0.3) is 0 Å². The summed E-state index contributed by atoms with van der Waals surface area (Å²) in [5.74, 6) is 0.893. The first-order valence-corrected chi connectivity index (χ1v) is 4.71. The Morgan fingerprint density at radius 3 is 2.92 bits per heavy atom. The molecule has 4 heteroatoms. The lowest BCUT2D eigenvalue weighted by atomic mass is 10.2. The Labute approximate surface area is 79.1 Å². The molecule has 4 nitrogen and oxygen atoms in total. The highest BCUT2D eigenvalue weighted by Crippen LogP contribution is 2.06. The summed E-state index contributed by atoms with van der Waals surface area (Å²) >= 11 is 0. The fourth-order valence-corrected chi connectivity index (χ4v) is 1.28. The van der Waals surface area contributed by atoms with Gasteiger partial charge in [-0.2, -0.15) is 0 Å². The molecule has 0 amide bonds. The van der Waals surface area contributed by atoms with Gasteiger partial charge in [0.2, 0.25) is 5.95 Å². The van der Waals surface area contributed by atoms with E-state index >= 15 is 0 Å². The van der Waals surface area contributed by atoms with Gasteiger partial charge in [-0.3, -0.25) is 0 Å². The van der Waals surface area contributed by atoms with Crippen molar-refractivity contribution in [3.05, 3.63) is 12.4 Å². The molecule has 0 spiro atoms. The minimum absolute atomic E-state index is 0.339. The SMILES string of the molecule is CCCC(CN)Nc1nccn1C. The minimum Gasteiger partial charge on any atom is -0.352 e. The fraction of sp³-hybridized carbons (Fsp3) is 0.667. The Morgan fingerprint density at radius 2 is 2.46 bits per heavy atom. The van der Waals surface area contributed by atoms with Gasteiger partial charge in [0.1, 0.15) is 0 Å². The second-order valence-electron chi connectivity index (χ2n) is 3.23. The average Bonchev–Trinajstić information content (AvgIpc) is 2.51. The average molecular weight is 182 g/mol. The number of nitrogens with two attached hydrogens (primary N) is 1. The van der Waals surface area contributed by atoms with Crippen LogP contribution in [0.15, 0.2) is 12.4 Å². The van der Waals surface area contributed by atoms with Gasteiger partial charge >= 0.3 is 0 Å². The van der Waals surface area contributed by atoms with E-state index in [0.717, 1.165) is 18.8 Å². The number of hydrogen-bond acceptors (Lipinski definition) is 3. The molecule has 0 radical (unpaired) electrons. The Kier molecular flexibility index (Phi) is 3.76. The van der Waals surface area contributed by atoms with E-state index in [4.69, 9.17) is 5.73 Å². The summed E-state index contributed by atoms with van der Waals surface area (Å²) in [5.41, 5.74) is 5.63. The lowest BCUT2D eigenvalue weighted by Gasteiger charge is -2.16. The maximum atomic E-state index is 5.63. The van der Waals surface area contributed by atoms with Crippen LogP contribution in [0.5, 0.6) is 0 Å². The van der Waals surface area contributed by atoms with Gasteiger partial charge in [0.15, 0.2) is 0 Å². The van der Waals surface area contributed by atoms with E-state index in [1.165, 1.54) is 0 Å². The van der Waals surface area contributed by atoms with Gasteiger partial charge in [-0.25, -0.2) is 4.98 Å². The highest BCUT2D eigenvalue weighted by Gasteiger charge is 2.06. The number of nitrogens with one attached hydrogen (secondary N) is 1. The Hall–Kier alpha value is -1.03. The number of rotatable bonds is 5. The van der Waals surface area contributed by atoms with Crippen LogP contribution in [0.4, 0.5) is 5.95 Å². The molecule has 0 saturated heterocycles. The first-order valence-electron chi connectivity index (χ1n) is 4.71. The van der Waals surface area contributed by atoms with Gasteiger partial charge < -0.3 is 15.6 Å². The number of aryl methyl sites for hydroxylation is 1. The van der Waals surface area contributed by atoms with Crippen molar-refractivity contribution in [2.24, 2.45) is 12.8 Å². The summed E-state index contributed by atoms with van der Waals surface area (Å²) in [5, 5.41) is 3.30. The van der Waals surface area contributed by atoms with Crippen LogP contribution in [0.1, 0.15) is 19.8 Å². The Balaban J connectivity index is 2.51. The molecule has 0 aromatic carbocycles. The van der Waals surface area contributed by atoms with Crippen LogP contribution in [0, 0.1) is 0 Å². The third-order valence-corrected chi connectivity index (χ3v) is 2.08. The van der Waals surface area contributed by atoms with Gasteiger partial charge in [0.05, 0.1) is 0 Å². The van der Waals surface area contributed by atoms with E-state index < -0.39 is 0 Å². The highest BCUT2D eigenvalue weighted by atomic mass is 15.2. The molecule has 1 aromatic heterocycles. The molecule has 1 rings (SSSR count). The van der Waals surface area contributed by atoms with Crippen molar-refractivity contribution in [1.82, 2.24) is 9.55 Å². The van der Waals surface area contributed by atoms with E-state index in [1.54, 1.807) is 6.20 Å². The Bertz CT molecular complexity index is 244. The molecular formula is C9H18N4. The molecule has 1 aromatic rings. The maximum Gasteiger partial charge on any atom is 0.202 e. The lowest BCUT2D eigenvalue weighted by molar-refractivity contribution is 0.638. The minimum atomic E-state index is 0.339. The molecule has 0 saturated carbocycles. The molecule has 1 heterocycles. The van der Waals surface area contributed by atoms with Crippen molar-refractivity contribution in [2.45, 2.75) is 25.8 Å². The quantitative estimate of drug-likeness (QED) is 0.713. The standard InChI is InChI=1S/C9H18N4/c1-3-4-8(7-10)12-9-11-5-6-13(9)2/h5-6,8H,3-4,7,10H2,1-2H3,(H,11,12). The van der Waals surface area contributed by atoms with Crippen molar-refractivity contribution in [1.29, 1.82) is 0 Å². The summed E-state index contributed by atoms with van der Waals surface area (Å²) in [6.07, 6.45) is 5.92. The molecule has 3 N–H and O–H groups in total. The topological polar surface area (TPSA) is 55.9 Å². The van der Waals surface area contributed by atoms with Gasteiger partial charge in [0, 0.05) is 32.0 Å². The zero-order chi connectivity index (χ0) is 9.68. The molecule has 0 aliphatic rings. The smallest absolute Gasteiger partial charge is 0.202 e. The summed E-state index contributed by atoms with van der Waals surface area (Å²) in [4.78, 5) is 4.18. The van der Waals surface area contributed by atoms with Gasteiger partial charge in [0.25, 0.3) is 0 Å². The molecule has 0 bridgehead atoms. The van der Waals surface area contributed by atoms with Crippen molar-refractivity contribution in [3.63, 3.8) is 0 Å². The van der Waals surface area contributed by atoms with E-state index in [2.05, 4.69) is 17.2 Å². The third kappa shape index (κ3) is 2.73. The van der Waals surface area contributed by atoms with Crippen LogP contribution < -0.4 is 11.1 Å². The molecular weight excluding hydrogens is 164 g/mol. The first-order chi connectivity index (χ1) is 6.27. The van der Waals surface area contributed by atoms with Crippen molar-refractivity contribution in [2.75, 3.05) is 11.9 Å². The van der Waals surface area contributed by atoms with E-state index in [-0.39, 0.29) is 0 Å². The largest absolute Gasteiger partial charge is 0.352 e. The molecule has 1 atom stereocenters. The predicted octanol–water partition coefficient (Wildman–Crippen LogP) is 0.959. The molecule has 1 unspecified atom stereocenters. The van der Waals surface area contributed by atoms with E-state index in [9.17, 15) is 0 Å². The Morgan fingerprint density at radius 1 is 1.69 bits per heavy atom. The number of nitrogens with zero attached hydrogens (tertiary/aromatic N) is 2. The van der Waals surface area contributed by atoms with Crippen LogP contribution in [0.3, 0.4) is 0 Å². The summed E-state index contributed by atoms with van der Waals surface area (Å²) < 4.78 is 1.96. The lowest BCUT2D eigenvalue weighted by Crippen LogP contribution is -2.29. The van der Waals surface area contributed by atoms with Crippen LogP contribution in [-0.4, -0.2) is 22.1 Å². The second kappa shape index (κ2) is 4.87. The number of hydrogen-bond donors (Lipinski definition) is 2. The van der Waals surface area contributed by atoms with Crippen LogP contribution in [-0.2, 0) is 7.05 Å². The first kappa shape index (κ1) is 10.1. The predicted molar refractivity (Wildman–Crippen MR) is 54.6 cm³/mol. The number of anilines is 1. The number of imidazole rings is 1. The van der Waals surface area contributed by atoms with Gasteiger partial charge in [-0.05, 0) is 6.42 Å². The zero-order valence-corrected chi connectivity index (χ0v) is 8.33.